The second-order valence-electron chi connectivity index (χ2n) is 4.01. The van der Waals surface area contributed by atoms with Crippen molar-refractivity contribution in [3.05, 3.63) is 24.4 Å². The van der Waals surface area contributed by atoms with Crippen LogP contribution >= 0.6 is 0 Å². The first-order chi connectivity index (χ1) is 8.88. The maximum atomic E-state index is 5.38. The lowest BCUT2D eigenvalue weighted by Crippen LogP contribution is -2.08. The molecule has 0 amide bonds. The van der Waals surface area contributed by atoms with Crippen molar-refractivity contribution in [3.63, 3.8) is 0 Å². The molecule has 2 heterocycles. The smallest absolute Gasteiger partial charge is 0.231 e. The fraction of sp³-hybridized carbons (Fsp3) is 0.308. The lowest BCUT2D eigenvalue weighted by Gasteiger charge is -2.08. The van der Waals surface area contributed by atoms with Gasteiger partial charge in [0, 0.05) is 25.2 Å². The number of rotatable bonds is 4. The van der Waals surface area contributed by atoms with Crippen molar-refractivity contribution < 1.29 is 14.2 Å². The highest BCUT2D eigenvalue weighted by molar-refractivity contribution is 5.94. The van der Waals surface area contributed by atoms with Gasteiger partial charge in [-0.05, 0) is 23.6 Å². The van der Waals surface area contributed by atoms with Gasteiger partial charge in [-0.25, -0.2) is 4.98 Å². The van der Waals surface area contributed by atoms with E-state index in [-0.39, 0.29) is 6.79 Å². The van der Waals surface area contributed by atoms with E-state index in [2.05, 4.69) is 10.3 Å². The number of hydrogen-bond acceptors (Lipinski definition) is 5. The van der Waals surface area contributed by atoms with E-state index < -0.39 is 0 Å². The molecule has 1 aliphatic heterocycles. The normalized spacial score (nSPS) is 12.9. The number of methoxy groups -OCH3 is 1. The average Bonchev–Trinajstić information content (AvgIpc) is 2.84. The molecular formula is C13H14N2O3. The van der Waals surface area contributed by atoms with Crippen LogP contribution in [-0.2, 0) is 4.74 Å². The Kier molecular flexibility index (Phi) is 2.90. The zero-order valence-electron chi connectivity index (χ0n) is 10.1. The molecule has 0 atom stereocenters. The summed E-state index contributed by atoms with van der Waals surface area (Å²) in [7, 11) is 1.68. The van der Waals surface area contributed by atoms with Crippen LogP contribution in [0, 0.1) is 0 Å². The number of hydrogen-bond donors (Lipinski definition) is 1. The van der Waals surface area contributed by atoms with Gasteiger partial charge < -0.3 is 19.5 Å². The number of aromatic nitrogens is 1. The Hall–Kier alpha value is -2.01. The lowest BCUT2D eigenvalue weighted by molar-refractivity contribution is 0.174. The predicted molar refractivity (Wildman–Crippen MR) is 68.2 cm³/mol. The number of benzene rings is 1. The van der Waals surface area contributed by atoms with Crippen LogP contribution in [0.3, 0.4) is 0 Å². The Morgan fingerprint density at radius 2 is 2.17 bits per heavy atom. The van der Waals surface area contributed by atoms with Crippen LogP contribution < -0.4 is 14.8 Å². The van der Waals surface area contributed by atoms with E-state index in [1.54, 1.807) is 13.3 Å². The van der Waals surface area contributed by atoms with Crippen molar-refractivity contribution in [2.75, 3.05) is 32.4 Å². The van der Waals surface area contributed by atoms with Crippen molar-refractivity contribution in [1.82, 2.24) is 4.98 Å². The summed E-state index contributed by atoms with van der Waals surface area (Å²) in [5.74, 6) is 2.39. The zero-order chi connectivity index (χ0) is 12.4. The minimum absolute atomic E-state index is 0.283. The van der Waals surface area contributed by atoms with Gasteiger partial charge in [-0.1, -0.05) is 0 Å². The molecule has 2 aromatic rings. The van der Waals surface area contributed by atoms with E-state index in [1.165, 1.54) is 0 Å². The highest BCUT2D eigenvalue weighted by Crippen LogP contribution is 2.37. The maximum Gasteiger partial charge on any atom is 0.231 e. The summed E-state index contributed by atoms with van der Waals surface area (Å²) in [5, 5.41) is 5.35. The molecule has 5 heteroatoms. The molecular weight excluding hydrogens is 232 g/mol. The van der Waals surface area contributed by atoms with E-state index >= 15 is 0 Å². The minimum Gasteiger partial charge on any atom is -0.454 e. The van der Waals surface area contributed by atoms with E-state index in [9.17, 15) is 0 Å². The van der Waals surface area contributed by atoms with Gasteiger partial charge in [-0.3, -0.25) is 0 Å². The summed E-state index contributed by atoms with van der Waals surface area (Å²) in [6.45, 7) is 1.64. The van der Waals surface area contributed by atoms with Crippen LogP contribution in [0.2, 0.25) is 0 Å². The average molecular weight is 246 g/mol. The molecule has 3 rings (SSSR count). The number of fused-ring (bicyclic) bond motifs is 2. The summed E-state index contributed by atoms with van der Waals surface area (Å²) >= 11 is 0. The highest BCUT2D eigenvalue weighted by Gasteiger charge is 2.15. The van der Waals surface area contributed by atoms with Crippen LogP contribution in [-0.4, -0.2) is 32.0 Å². The van der Waals surface area contributed by atoms with Crippen LogP contribution in [0.15, 0.2) is 24.4 Å². The molecule has 0 radical (unpaired) electrons. The lowest BCUT2D eigenvalue weighted by atomic mass is 10.1. The maximum absolute atomic E-state index is 5.38. The fourth-order valence-corrected chi connectivity index (χ4v) is 1.97. The van der Waals surface area contributed by atoms with E-state index in [0.717, 1.165) is 34.6 Å². The molecule has 1 aliphatic rings. The molecule has 0 bridgehead atoms. The third-order valence-corrected chi connectivity index (χ3v) is 2.86. The second-order valence-corrected chi connectivity index (χ2v) is 4.01. The van der Waals surface area contributed by atoms with Crippen molar-refractivity contribution in [1.29, 1.82) is 0 Å². The monoisotopic (exact) mass is 246 g/mol. The Morgan fingerprint density at radius 1 is 1.33 bits per heavy atom. The van der Waals surface area contributed by atoms with Gasteiger partial charge in [-0.2, -0.15) is 0 Å². The van der Waals surface area contributed by atoms with Crippen molar-refractivity contribution in [2.24, 2.45) is 0 Å². The van der Waals surface area contributed by atoms with E-state index in [0.29, 0.717) is 6.61 Å². The summed E-state index contributed by atoms with van der Waals surface area (Å²) in [4.78, 5) is 4.34. The zero-order valence-corrected chi connectivity index (χ0v) is 10.1. The molecule has 1 aromatic heterocycles. The summed E-state index contributed by atoms with van der Waals surface area (Å²) in [6, 6.07) is 5.89. The Labute approximate surface area is 105 Å². The molecule has 0 fully saturated rings. The van der Waals surface area contributed by atoms with Gasteiger partial charge >= 0.3 is 0 Å². The van der Waals surface area contributed by atoms with Crippen molar-refractivity contribution in [2.45, 2.75) is 0 Å². The molecule has 0 spiro atoms. The van der Waals surface area contributed by atoms with Crippen LogP contribution in [0.4, 0.5) is 5.82 Å². The topological polar surface area (TPSA) is 52.6 Å². The van der Waals surface area contributed by atoms with E-state index in [4.69, 9.17) is 14.2 Å². The highest BCUT2D eigenvalue weighted by atomic mass is 16.7. The molecule has 5 nitrogen and oxygen atoms in total. The second kappa shape index (κ2) is 4.70. The summed E-state index contributed by atoms with van der Waals surface area (Å²) < 4.78 is 15.8. The molecule has 1 aromatic carbocycles. The Bertz CT molecular complexity index is 571. The predicted octanol–water partition coefficient (Wildman–Crippen LogP) is 2.02. The molecule has 1 N–H and O–H groups in total. The Balaban J connectivity index is 1.99. The summed E-state index contributed by atoms with van der Waals surface area (Å²) in [6.07, 6.45) is 1.78. The number of ether oxygens (including phenoxy) is 3. The van der Waals surface area contributed by atoms with Crippen molar-refractivity contribution in [3.8, 4) is 11.5 Å². The van der Waals surface area contributed by atoms with Gasteiger partial charge in [-0.15, -0.1) is 0 Å². The molecule has 18 heavy (non-hydrogen) atoms. The van der Waals surface area contributed by atoms with E-state index in [1.807, 2.05) is 18.2 Å². The number of pyridine rings is 1. The largest absolute Gasteiger partial charge is 0.454 e. The fourth-order valence-electron chi connectivity index (χ4n) is 1.97. The molecule has 0 saturated carbocycles. The first-order valence-electron chi connectivity index (χ1n) is 5.79. The summed E-state index contributed by atoms with van der Waals surface area (Å²) in [5.41, 5.74) is 0. The number of anilines is 1. The molecule has 0 aliphatic carbocycles. The Morgan fingerprint density at radius 3 is 3.00 bits per heavy atom. The van der Waals surface area contributed by atoms with Gasteiger partial charge in [0.25, 0.3) is 0 Å². The standard InChI is InChI=1S/C13H14N2O3/c1-16-5-4-15-13-10-7-12-11(17-8-18-12)6-9(10)2-3-14-13/h2-3,6-7H,4-5,8H2,1H3,(H,14,15). The van der Waals surface area contributed by atoms with Crippen LogP contribution in [0.5, 0.6) is 11.5 Å². The van der Waals surface area contributed by atoms with Crippen LogP contribution in [0.1, 0.15) is 0 Å². The molecule has 94 valence electrons. The molecule has 0 unspecified atom stereocenters. The van der Waals surface area contributed by atoms with Gasteiger partial charge in [0.15, 0.2) is 11.5 Å². The van der Waals surface area contributed by atoms with Crippen molar-refractivity contribution >= 4 is 16.6 Å². The molecule has 0 saturated heterocycles. The first kappa shape index (κ1) is 11.1. The quantitative estimate of drug-likeness (QED) is 0.836. The first-order valence-corrected chi connectivity index (χ1v) is 5.79. The van der Waals surface area contributed by atoms with Gasteiger partial charge in [0.1, 0.15) is 5.82 Å². The van der Waals surface area contributed by atoms with Gasteiger partial charge in [0.2, 0.25) is 6.79 Å². The SMILES string of the molecule is COCCNc1nccc2cc3c(cc12)OCO3. The number of nitrogens with zero attached hydrogens (tertiary/aromatic N) is 1. The third kappa shape index (κ3) is 1.93. The van der Waals surface area contributed by atoms with Gasteiger partial charge in [0.05, 0.1) is 6.61 Å². The number of nitrogens with one attached hydrogen (secondary N) is 1. The minimum atomic E-state index is 0.283. The van der Waals surface area contributed by atoms with Crippen LogP contribution in [0.25, 0.3) is 10.8 Å². The third-order valence-electron chi connectivity index (χ3n) is 2.86.